The van der Waals surface area contributed by atoms with Crippen LogP contribution in [0, 0.1) is 0 Å². The summed E-state index contributed by atoms with van der Waals surface area (Å²) in [5, 5.41) is 76.5. The number of hydrogen-bond acceptors (Lipinski definition) is 11. The molecule has 2 rings (SSSR count). The molecule has 2 aliphatic rings. The molecule has 4 unspecified atom stereocenters. The molecule has 0 saturated carbocycles. The van der Waals surface area contributed by atoms with E-state index in [1.807, 2.05) is 0 Å². The van der Waals surface area contributed by atoms with Crippen molar-refractivity contribution in [3.63, 3.8) is 0 Å². The first-order valence-electron chi connectivity index (χ1n) is 7.08. The van der Waals surface area contributed by atoms with Gasteiger partial charge in [0.1, 0.15) is 48.8 Å². The monoisotopic (exact) mass is 342 g/mol. The van der Waals surface area contributed by atoms with Crippen molar-refractivity contribution in [3.8, 4) is 0 Å². The fourth-order valence-corrected chi connectivity index (χ4v) is 2.57. The molecule has 0 bridgehead atoms. The Labute approximate surface area is 130 Å². The van der Waals surface area contributed by atoms with Gasteiger partial charge >= 0.3 is 0 Å². The Hall–Kier alpha value is -0.440. The summed E-state index contributed by atoms with van der Waals surface area (Å²) in [5.41, 5.74) is 0. The predicted molar refractivity (Wildman–Crippen MR) is 68.6 cm³/mol. The molecule has 11 nitrogen and oxygen atoms in total. The molecule has 136 valence electrons. The van der Waals surface area contributed by atoms with Crippen molar-refractivity contribution < 1.29 is 55.1 Å². The molecule has 0 aromatic heterocycles. The number of rotatable bonds is 4. The van der Waals surface area contributed by atoms with Gasteiger partial charge in [-0.2, -0.15) is 0 Å². The van der Waals surface area contributed by atoms with Gasteiger partial charge in [-0.15, -0.1) is 0 Å². The van der Waals surface area contributed by atoms with Gasteiger partial charge in [-0.1, -0.05) is 0 Å². The maximum absolute atomic E-state index is 9.94. The summed E-state index contributed by atoms with van der Waals surface area (Å²) in [6.45, 7) is -1.35. The smallest absolute Gasteiger partial charge is 0.187 e. The largest absolute Gasteiger partial charge is 0.394 e. The van der Waals surface area contributed by atoms with Crippen LogP contribution in [0.2, 0.25) is 0 Å². The molecule has 8 N–H and O–H groups in total. The van der Waals surface area contributed by atoms with Crippen LogP contribution in [0.1, 0.15) is 0 Å². The van der Waals surface area contributed by atoms with Crippen LogP contribution in [0.15, 0.2) is 0 Å². The van der Waals surface area contributed by atoms with Gasteiger partial charge in [0.05, 0.1) is 13.2 Å². The van der Waals surface area contributed by atoms with E-state index in [4.69, 9.17) is 19.3 Å². The normalized spacial score (nSPS) is 51.7. The minimum atomic E-state index is -1.74. The number of aliphatic hydroxyl groups is 8. The van der Waals surface area contributed by atoms with E-state index in [2.05, 4.69) is 0 Å². The molecule has 2 aliphatic heterocycles. The van der Waals surface area contributed by atoms with Crippen molar-refractivity contribution in [2.45, 2.75) is 61.4 Å². The van der Waals surface area contributed by atoms with Crippen LogP contribution in [0.25, 0.3) is 0 Å². The predicted octanol–water partition coefficient (Wildman–Crippen LogP) is -5.40. The number of ether oxygens (including phenoxy) is 3. The standard InChI is InChI=1S/C12H22O11/c13-1-3-5(15)6(16)9(19)12(22-3)23-10-4(2-14)21-11(20)8(18)7(10)17/h3-20H,1-2H2/t3?,4-,5-,6+,7?,8?,9?,10-,11-,12+/m1/s1. The molecule has 0 radical (unpaired) electrons. The first kappa shape index (κ1) is 18.9. The van der Waals surface area contributed by atoms with Gasteiger partial charge in [0.2, 0.25) is 0 Å². The highest BCUT2D eigenvalue weighted by molar-refractivity contribution is 4.93. The molecule has 0 spiro atoms. The second kappa shape index (κ2) is 7.63. The second-order valence-electron chi connectivity index (χ2n) is 5.53. The van der Waals surface area contributed by atoms with E-state index in [0.717, 1.165) is 0 Å². The Morgan fingerprint density at radius 1 is 0.652 bits per heavy atom. The van der Waals surface area contributed by atoms with Gasteiger partial charge < -0.3 is 55.1 Å². The molecule has 0 aliphatic carbocycles. The zero-order valence-electron chi connectivity index (χ0n) is 12.0. The van der Waals surface area contributed by atoms with E-state index in [1.165, 1.54) is 0 Å². The molecule has 2 fully saturated rings. The summed E-state index contributed by atoms with van der Waals surface area (Å²) in [6.07, 6.45) is -15.6. The topological polar surface area (TPSA) is 190 Å². The molecule has 11 heteroatoms. The summed E-state index contributed by atoms with van der Waals surface area (Å²) >= 11 is 0. The fraction of sp³-hybridized carbons (Fsp3) is 1.00. The van der Waals surface area contributed by atoms with Crippen LogP contribution in [0.3, 0.4) is 0 Å². The lowest BCUT2D eigenvalue weighted by atomic mass is 9.97. The summed E-state index contributed by atoms with van der Waals surface area (Å²) in [4.78, 5) is 0. The highest BCUT2D eigenvalue weighted by Gasteiger charge is 2.50. The Morgan fingerprint density at radius 2 is 1.26 bits per heavy atom. The minimum absolute atomic E-state index is 0.667. The lowest BCUT2D eigenvalue weighted by Gasteiger charge is -2.45. The van der Waals surface area contributed by atoms with Crippen molar-refractivity contribution in [3.05, 3.63) is 0 Å². The quantitative estimate of drug-likeness (QED) is 0.243. The number of hydrogen-bond donors (Lipinski definition) is 8. The Morgan fingerprint density at radius 3 is 1.83 bits per heavy atom. The van der Waals surface area contributed by atoms with Crippen molar-refractivity contribution >= 4 is 0 Å². The van der Waals surface area contributed by atoms with Crippen LogP contribution in [0.4, 0.5) is 0 Å². The van der Waals surface area contributed by atoms with Crippen LogP contribution >= 0.6 is 0 Å². The third kappa shape index (κ3) is 3.65. The van der Waals surface area contributed by atoms with Gasteiger partial charge in [0, 0.05) is 0 Å². The highest BCUT2D eigenvalue weighted by atomic mass is 16.7. The summed E-state index contributed by atoms with van der Waals surface area (Å²) in [5.74, 6) is 0. The summed E-state index contributed by atoms with van der Waals surface area (Å²) in [7, 11) is 0. The molecule has 0 aromatic carbocycles. The van der Waals surface area contributed by atoms with Gasteiger partial charge in [-0.05, 0) is 0 Å². The Kier molecular flexibility index (Phi) is 6.27. The van der Waals surface area contributed by atoms with Gasteiger partial charge in [0.15, 0.2) is 12.6 Å². The first-order valence-corrected chi connectivity index (χ1v) is 7.08. The van der Waals surface area contributed by atoms with E-state index < -0.39 is 74.6 Å². The number of aliphatic hydroxyl groups excluding tert-OH is 8. The minimum Gasteiger partial charge on any atom is -0.394 e. The third-order valence-corrected chi connectivity index (χ3v) is 3.98. The molecular formula is C12H22O11. The average molecular weight is 342 g/mol. The van der Waals surface area contributed by atoms with E-state index in [-0.39, 0.29) is 0 Å². The Balaban J connectivity index is 2.11. The van der Waals surface area contributed by atoms with Gasteiger partial charge in [-0.3, -0.25) is 0 Å². The third-order valence-electron chi connectivity index (χ3n) is 3.98. The first-order chi connectivity index (χ1) is 10.8. The average Bonchev–Trinajstić information content (AvgIpc) is 2.55. The maximum atomic E-state index is 9.94. The second-order valence-corrected chi connectivity index (χ2v) is 5.53. The zero-order chi connectivity index (χ0) is 17.3. The van der Waals surface area contributed by atoms with Crippen molar-refractivity contribution in [2.75, 3.05) is 13.2 Å². The molecule has 23 heavy (non-hydrogen) atoms. The zero-order valence-corrected chi connectivity index (χ0v) is 12.0. The Bertz CT molecular complexity index is 378. The van der Waals surface area contributed by atoms with E-state index in [0.29, 0.717) is 0 Å². The van der Waals surface area contributed by atoms with E-state index in [9.17, 15) is 35.7 Å². The maximum Gasteiger partial charge on any atom is 0.187 e. The summed E-state index contributed by atoms with van der Waals surface area (Å²) < 4.78 is 15.3. The molecule has 10 atom stereocenters. The van der Waals surface area contributed by atoms with E-state index in [1.54, 1.807) is 0 Å². The van der Waals surface area contributed by atoms with E-state index >= 15 is 0 Å². The molecular weight excluding hydrogens is 320 g/mol. The van der Waals surface area contributed by atoms with Crippen molar-refractivity contribution in [2.24, 2.45) is 0 Å². The van der Waals surface area contributed by atoms with Crippen LogP contribution in [-0.2, 0) is 14.2 Å². The van der Waals surface area contributed by atoms with Crippen LogP contribution in [-0.4, -0.2) is 115 Å². The fourth-order valence-electron chi connectivity index (χ4n) is 2.57. The molecule has 0 amide bonds. The highest BCUT2D eigenvalue weighted by Crippen LogP contribution is 2.28. The van der Waals surface area contributed by atoms with Crippen molar-refractivity contribution in [1.29, 1.82) is 0 Å². The SMILES string of the molecule is OCC1O[C@@H](O[C@H]2C(O)C(O)[C@H](O)O[C@@H]2CO)C(O)[C@@H](O)[C@@H]1O. The lowest BCUT2D eigenvalue weighted by molar-refractivity contribution is -0.355. The van der Waals surface area contributed by atoms with Crippen LogP contribution in [0.5, 0.6) is 0 Å². The van der Waals surface area contributed by atoms with Gasteiger partial charge in [-0.25, -0.2) is 0 Å². The molecule has 2 saturated heterocycles. The van der Waals surface area contributed by atoms with Crippen molar-refractivity contribution in [1.82, 2.24) is 0 Å². The summed E-state index contributed by atoms with van der Waals surface area (Å²) in [6, 6.07) is 0. The van der Waals surface area contributed by atoms with Gasteiger partial charge in [0.25, 0.3) is 0 Å². The lowest BCUT2D eigenvalue weighted by Crippen LogP contribution is -2.64. The van der Waals surface area contributed by atoms with Crippen LogP contribution < -0.4 is 0 Å². The molecule has 0 aromatic rings. The molecule has 2 heterocycles.